The number of nitrogens with one attached hydrogen (secondary N) is 2. The first kappa shape index (κ1) is 14.5. The second-order valence-electron chi connectivity index (χ2n) is 4.88. The Labute approximate surface area is 105 Å². The lowest BCUT2D eigenvalue weighted by Gasteiger charge is -2.27. The molecule has 1 heterocycles. The van der Waals surface area contributed by atoms with Gasteiger partial charge in [-0.3, -0.25) is 9.69 Å². The van der Waals surface area contributed by atoms with Crippen molar-refractivity contribution in [3.63, 3.8) is 0 Å². The van der Waals surface area contributed by atoms with Gasteiger partial charge in [0.15, 0.2) is 0 Å². The number of rotatable bonds is 7. The molecule has 1 rings (SSSR count). The largest absolute Gasteiger partial charge is 0.358 e. The van der Waals surface area contributed by atoms with Crippen LogP contribution in [-0.2, 0) is 4.79 Å². The van der Waals surface area contributed by atoms with E-state index in [4.69, 9.17) is 0 Å². The van der Waals surface area contributed by atoms with Gasteiger partial charge in [0.05, 0.1) is 6.54 Å². The zero-order chi connectivity index (χ0) is 12.5. The average Bonchev–Trinajstić information content (AvgIpc) is 2.37. The topological polar surface area (TPSA) is 44.4 Å². The molecular formula is C13H27N3O. The molecule has 1 aliphatic heterocycles. The molecule has 1 atom stereocenters. The summed E-state index contributed by atoms with van der Waals surface area (Å²) in [5.41, 5.74) is 0. The average molecular weight is 241 g/mol. The van der Waals surface area contributed by atoms with Crippen LogP contribution in [0.1, 0.15) is 39.0 Å². The van der Waals surface area contributed by atoms with Crippen molar-refractivity contribution in [3.05, 3.63) is 0 Å². The van der Waals surface area contributed by atoms with E-state index in [0.717, 1.165) is 32.5 Å². The maximum Gasteiger partial charge on any atom is 0.233 e. The van der Waals surface area contributed by atoms with E-state index in [0.29, 0.717) is 12.6 Å². The highest BCUT2D eigenvalue weighted by atomic mass is 16.1. The number of hydrogen-bond acceptors (Lipinski definition) is 3. The van der Waals surface area contributed by atoms with Gasteiger partial charge in [-0.15, -0.1) is 0 Å². The number of amides is 1. The van der Waals surface area contributed by atoms with Crippen molar-refractivity contribution in [1.82, 2.24) is 15.5 Å². The summed E-state index contributed by atoms with van der Waals surface area (Å²) in [5.74, 6) is 0.120. The summed E-state index contributed by atoms with van der Waals surface area (Å²) in [4.78, 5) is 13.6. The number of carbonyl (C=O) groups is 1. The molecule has 1 amide bonds. The number of carbonyl (C=O) groups excluding carboxylic acids is 1. The van der Waals surface area contributed by atoms with Crippen molar-refractivity contribution in [3.8, 4) is 0 Å². The second-order valence-corrected chi connectivity index (χ2v) is 4.88. The highest BCUT2D eigenvalue weighted by Crippen LogP contribution is 2.10. The van der Waals surface area contributed by atoms with Crippen LogP contribution < -0.4 is 10.6 Å². The summed E-state index contributed by atoms with van der Waals surface area (Å²) in [6, 6.07) is 0.660. The summed E-state index contributed by atoms with van der Waals surface area (Å²) >= 11 is 0. The first-order valence-corrected chi connectivity index (χ1v) is 6.92. The quantitative estimate of drug-likeness (QED) is 0.698. The van der Waals surface area contributed by atoms with E-state index < -0.39 is 0 Å². The van der Waals surface area contributed by atoms with Crippen molar-refractivity contribution in [2.24, 2.45) is 0 Å². The molecule has 1 fully saturated rings. The van der Waals surface area contributed by atoms with Crippen LogP contribution in [0.2, 0.25) is 0 Å². The lowest BCUT2D eigenvalue weighted by Crippen LogP contribution is -2.40. The lowest BCUT2D eigenvalue weighted by atomic mass is 10.0. The van der Waals surface area contributed by atoms with Crippen molar-refractivity contribution in [2.45, 2.75) is 45.1 Å². The molecule has 4 nitrogen and oxygen atoms in total. The van der Waals surface area contributed by atoms with Gasteiger partial charge in [0.25, 0.3) is 0 Å². The van der Waals surface area contributed by atoms with Crippen LogP contribution in [0.25, 0.3) is 0 Å². The third-order valence-electron chi connectivity index (χ3n) is 3.39. The Balaban J connectivity index is 2.24. The van der Waals surface area contributed by atoms with Crippen molar-refractivity contribution >= 4 is 5.91 Å². The predicted octanol–water partition coefficient (Wildman–Crippen LogP) is 0.977. The maximum absolute atomic E-state index is 11.4. The third kappa shape index (κ3) is 6.03. The van der Waals surface area contributed by atoms with E-state index in [2.05, 4.69) is 22.5 Å². The highest BCUT2D eigenvalue weighted by molar-refractivity contribution is 5.77. The highest BCUT2D eigenvalue weighted by Gasteiger charge is 2.15. The number of nitrogens with zero attached hydrogens (tertiary/aromatic N) is 1. The Hall–Kier alpha value is -0.610. The molecule has 0 spiro atoms. The van der Waals surface area contributed by atoms with E-state index in [1.54, 1.807) is 7.05 Å². The first-order chi connectivity index (χ1) is 8.26. The molecule has 4 heteroatoms. The standard InChI is InChI=1S/C13H27N3O/c1-3-9-16(11-13(17)14-2)10-7-12-6-4-5-8-15-12/h12,15H,3-11H2,1-2H3,(H,14,17). The van der Waals surface area contributed by atoms with Gasteiger partial charge in [0, 0.05) is 19.6 Å². The molecule has 0 bridgehead atoms. The monoisotopic (exact) mass is 241 g/mol. The van der Waals surface area contributed by atoms with Gasteiger partial charge in [-0.05, 0) is 38.8 Å². The van der Waals surface area contributed by atoms with Crippen LogP contribution in [0.4, 0.5) is 0 Å². The van der Waals surface area contributed by atoms with Crippen molar-refractivity contribution in [1.29, 1.82) is 0 Å². The van der Waals surface area contributed by atoms with Crippen molar-refractivity contribution in [2.75, 3.05) is 33.2 Å². The Bertz CT molecular complexity index is 215. The summed E-state index contributed by atoms with van der Waals surface area (Å²) in [6.07, 6.45) is 6.22. The number of likely N-dealkylation sites (N-methyl/N-ethyl adjacent to an activating group) is 1. The van der Waals surface area contributed by atoms with Gasteiger partial charge in [-0.25, -0.2) is 0 Å². The minimum Gasteiger partial charge on any atom is -0.358 e. The first-order valence-electron chi connectivity index (χ1n) is 6.92. The summed E-state index contributed by atoms with van der Waals surface area (Å²) in [7, 11) is 1.70. The molecule has 0 aromatic carbocycles. The lowest BCUT2D eigenvalue weighted by molar-refractivity contribution is -0.121. The van der Waals surface area contributed by atoms with E-state index >= 15 is 0 Å². The molecule has 17 heavy (non-hydrogen) atoms. The van der Waals surface area contributed by atoms with E-state index in [1.165, 1.54) is 19.3 Å². The van der Waals surface area contributed by atoms with Gasteiger partial charge in [0.1, 0.15) is 0 Å². The van der Waals surface area contributed by atoms with Gasteiger partial charge >= 0.3 is 0 Å². The molecule has 0 aromatic heterocycles. The van der Waals surface area contributed by atoms with E-state index in [-0.39, 0.29) is 5.91 Å². The third-order valence-corrected chi connectivity index (χ3v) is 3.39. The van der Waals surface area contributed by atoms with Gasteiger partial charge in [0.2, 0.25) is 5.91 Å². The van der Waals surface area contributed by atoms with Crippen LogP contribution in [0.5, 0.6) is 0 Å². The molecule has 0 saturated carbocycles. The predicted molar refractivity (Wildman–Crippen MR) is 71.1 cm³/mol. The summed E-state index contributed by atoms with van der Waals surface area (Å²) in [6.45, 7) is 5.90. The molecule has 2 N–H and O–H groups in total. The molecule has 0 radical (unpaired) electrons. The molecule has 0 aliphatic carbocycles. The van der Waals surface area contributed by atoms with Crippen LogP contribution in [0.15, 0.2) is 0 Å². The fourth-order valence-corrected chi connectivity index (χ4v) is 2.38. The minimum absolute atomic E-state index is 0.120. The molecule has 1 saturated heterocycles. The molecule has 100 valence electrons. The molecule has 1 aliphatic rings. The van der Waals surface area contributed by atoms with E-state index in [1.807, 2.05) is 0 Å². The molecular weight excluding hydrogens is 214 g/mol. The summed E-state index contributed by atoms with van der Waals surface area (Å²) in [5, 5.41) is 6.25. The minimum atomic E-state index is 0.120. The van der Waals surface area contributed by atoms with Crippen LogP contribution in [0.3, 0.4) is 0 Å². The number of hydrogen-bond donors (Lipinski definition) is 2. The van der Waals surface area contributed by atoms with Gasteiger partial charge < -0.3 is 10.6 Å². The fourth-order valence-electron chi connectivity index (χ4n) is 2.38. The zero-order valence-corrected chi connectivity index (χ0v) is 11.3. The van der Waals surface area contributed by atoms with Gasteiger partial charge in [-0.2, -0.15) is 0 Å². The molecule has 1 unspecified atom stereocenters. The van der Waals surface area contributed by atoms with E-state index in [9.17, 15) is 4.79 Å². The normalized spacial score (nSPS) is 20.5. The summed E-state index contributed by atoms with van der Waals surface area (Å²) < 4.78 is 0. The van der Waals surface area contributed by atoms with Crippen LogP contribution >= 0.6 is 0 Å². The zero-order valence-electron chi connectivity index (χ0n) is 11.3. The maximum atomic E-state index is 11.4. The van der Waals surface area contributed by atoms with Gasteiger partial charge in [-0.1, -0.05) is 13.3 Å². The van der Waals surface area contributed by atoms with Crippen LogP contribution in [-0.4, -0.2) is 50.1 Å². The van der Waals surface area contributed by atoms with Crippen molar-refractivity contribution < 1.29 is 4.79 Å². The Morgan fingerprint density at radius 1 is 1.41 bits per heavy atom. The SMILES string of the molecule is CCCN(CCC1CCCCN1)CC(=O)NC. The Kier molecular flexibility index (Phi) is 7.21. The Morgan fingerprint density at radius 3 is 2.82 bits per heavy atom. The molecule has 0 aromatic rings. The smallest absolute Gasteiger partial charge is 0.233 e. The Morgan fingerprint density at radius 2 is 2.24 bits per heavy atom. The number of piperidine rings is 1. The fraction of sp³-hybridized carbons (Fsp3) is 0.923. The second kappa shape index (κ2) is 8.48. The van der Waals surface area contributed by atoms with Crippen LogP contribution in [0, 0.1) is 0 Å².